The number of anilines is 2. The maximum Gasteiger partial charge on any atom is 0.242 e. The van der Waals surface area contributed by atoms with E-state index in [1.807, 2.05) is 13.8 Å². The van der Waals surface area contributed by atoms with Gasteiger partial charge < -0.3 is 15.8 Å². The zero-order chi connectivity index (χ0) is 12.7. The fraction of sp³-hybridized carbons (Fsp3) is 0.667. The first-order chi connectivity index (χ1) is 8.15. The molecule has 3 N–H and O–H groups in total. The summed E-state index contributed by atoms with van der Waals surface area (Å²) in [6.45, 7) is 6.93. The molecular formula is C12H22N4O. The minimum Gasteiger partial charge on any atom is -0.473 e. The van der Waals surface area contributed by atoms with E-state index in [4.69, 9.17) is 10.5 Å². The fourth-order valence-electron chi connectivity index (χ4n) is 1.42. The standard InChI is InChI=1S/C12H22N4O/c1-4-5-6-7-14-11-10(13)12(16-8-15-11)17-9(2)3/h8-9H,4-7,13H2,1-3H3,(H,14,15,16). The summed E-state index contributed by atoms with van der Waals surface area (Å²) in [5.74, 6) is 1.11. The maximum absolute atomic E-state index is 5.93. The lowest BCUT2D eigenvalue weighted by atomic mass is 10.2. The summed E-state index contributed by atoms with van der Waals surface area (Å²) in [5, 5.41) is 3.21. The number of hydrogen-bond acceptors (Lipinski definition) is 5. The van der Waals surface area contributed by atoms with Crippen molar-refractivity contribution in [1.29, 1.82) is 0 Å². The highest BCUT2D eigenvalue weighted by Crippen LogP contribution is 2.25. The lowest BCUT2D eigenvalue weighted by Gasteiger charge is -2.13. The molecule has 1 heterocycles. The molecule has 0 amide bonds. The molecule has 0 bridgehead atoms. The molecule has 0 saturated carbocycles. The Kier molecular flexibility index (Phi) is 5.52. The van der Waals surface area contributed by atoms with Crippen molar-refractivity contribution in [2.75, 3.05) is 17.6 Å². The summed E-state index contributed by atoms with van der Waals surface area (Å²) in [6.07, 6.45) is 5.03. The van der Waals surface area contributed by atoms with Crippen LogP contribution in [-0.2, 0) is 0 Å². The predicted octanol–water partition coefficient (Wildman–Crippen LogP) is 2.45. The van der Waals surface area contributed by atoms with Crippen molar-refractivity contribution in [3.63, 3.8) is 0 Å². The number of rotatable bonds is 7. The third kappa shape index (κ3) is 4.46. The largest absolute Gasteiger partial charge is 0.473 e. The molecule has 0 aliphatic heterocycles. The van der Waals surface area contributed by atoms with Gasteiger partial charge in [-0.3, -0.25) is 0 Å². The van der Waals surface area contributed by atoms with Gasteiger partial charge in [0.25, 0.3) is 0 Å². The van der Waals surface area contributed by atoms with Gasteiger partial charge in [-0.15, -0.1) is 0 Å². The monoisotopic (exact) mass is 238 g/mol. The van der Waals surface area contributed by atoms with Crippen LogP contribution in [0.5, 0.6) is 5.88 Å². The van der Waals surface area contributed by atoms with Crippen molar-refractivity contribution in [2.24, 2.45) is 0 Å². The van der Waals surface area contributed by atoms with Crippen LogP contribution in [-0.4, -0.2) is 22.6 Å². The molecule has 17 heavy (non-hydrogen) atoms. The molecule has 0 radical (unpaired) electrons. The first-order valence-electron chi connectivity index (χ1n) is 6.16. The van der Waals surface area contributed by atoms with E-state index < -0.39 is 0 Å². The SMILES string of the molecule is CCCCCNc1ncnc(OC(C)C)c1N. The van der Waals surface area contributed by atoms with Crippen LogP contribution >= 0.6 is 0 Å². The number of nitrogens with zero attached hydrogens (tertiary/aromatic N) is 2. The van der Waals surface area contributed by atoms with E-state index in [9.17, 15) is 0 Å². The topological polar surface area (TPSA) is 73.1 Å². The summed E-state index contributed by atoms with van der Waals surface area (Å²) in [7, 11) is 0. The van der Waals surface area contributed by atoms with E-state index in [2.05, 4.69) is 22.2 Å². The van der Waals surface area contributed by atoms with Crippen LogP contribution in [0.15, 0.2) is 6.33 Å². The van der Waals surface area contributed by atoms with E-state index in [-0.39, 0.29) is 6.10 Å². The summed E-state index contributed by atoms with van der Waals surface area (Å²) in [4.78, 5) is 8.14. The molecule has 1 rings (SSSR count). The molecule has 0 aromatic carbocycles. The number of ether oxygens (including phenoxy) is 1. The number of nitrogen functional groups attached to an aromatic ring is 1. The van der Waals surface area contributed by atoms with Crippen LogP contribution in [0.25, 0.3) is 0 Å². The molecule has 0 atom stereocenters. The lowest BCUT2D eigenvalue weighted by Crippen LogP contribution is -2.12. The van der Waals surface area contributed by atoms with Crippen molar-refractivity contribution in [3.8, 4) is 5.88 Å². The van der Waals surface area contributed by atoms with Crippen molar-refractivity contribution in [2.45, 2.75) is 46.1 Å². The highest BCUT2D eigenvalue weighted by Gasteiger charge is 2.09. The number of nitrogens with two attached hydrogens (primary N) is 1. The molecule has 0 unspecified atom stereocenters. The van der Waals surface area contributed by atoms with E-state index in [0.29, 0.717) is 17.4 Å². The van der Waals surface area contributed by atoms with E-state index in [0.717, 1.165) is 13.0 Å². The normalized spacial score (nSPS) is 10.6. The predicted molar refractivity (Wildman–Crippen MR) is 70.2 cm³/mol. The van der Waals surface area contributed by atoms with Crippen LogP contribution in [0.1, 0.15) is 40.0 Å². The molecule has 1 aromatic rings. The van der Waals surface area contributed by atoms with Crippen molar-refractivity contribution in [1.82, 2.24) is 9.97 Å². The molecular weight excluding hydrogens is 216 g/mol. The van der Waals surface area contributed by atoms with Crippen LogP contribution in [0.4, 0.5) is 11.5 Å². The van der Waals surface area contributed by atoms with Crippen LogP contribution in [0.2, 0.25) is 0 Å². The van der Waals surface area contributed by atoms with Gasteiger partial charge in [-0.05, 0) is 20.3 Å². The third-order valence-corrected chi connectivity index (χ3v) is 2.27. The highest BCUT2D eigenvalue weighted by atomic mass is 16.5. The number of nitrogens with one attached hydrogen (secondary N) is 1. The van der Waals surface area contributed by atoms with Gasteiger partial charge in [0.15, 0.2) is 5.82 Å². The van der Waals surface area contributed by atoms with Crippen molar-refractivity contribution >= 4 is 11.5 Å². The number of unbranched alkanes of at least 4 members (excludes halogenated alkanes) is 2. The Morgan fingerprint density at radius 2 is 2.12 bits per heavy atom. The second kappa shape index (κ2) is 6.93. The zero-order valence-corrected chi connectivity index (χ0v) is 10.9. The molecule has 5 nitrogen and oxygen atoms in total. The van der Waals surface area contributed by atoms with Gasteiger partial charge in [0.2, 0.25) is 5.88 Å². The Hall–Kier alpha value is -1.52. The molecule has 0 aliphatic carbocycles. The van der Waals surface area contributed by atoms with E-state index in [1.165, 1.54) is 19.2 Å². The first kappa shape index (κ1) is 13.5. The Bertz CT molecular complexity index is 341. The van der Waals surface area contributed by atoms with E-state index >= 15 is 0 Å². The first-order valence-corrected chi connectivity index (χ1v) is 6.16. The van der Waals surface area contributed by atoms with Gasteiger partial charge in [0, 0.05) is 6.54 Å². The molecule has 1 aromatic heterocycles. The smallest absolute Gasteiger partial charge is 0.242 e. The molecule has 96 valence electrons. The van der Waals surface area contributed by atoms with Gasteiger partial charge in [-0.1, -0.05) is 19.8 Å². The second-order valence-electron chi connectivity index (χ2n) is 4.24. The Morgan fingerprint density at radius 1 is 1.35 bits per heavy atom. The Labute approximate surface area is 103 Å². The number of aromatic nitrogens is 2. The van der Waals surface area contributed by atoms with Crippen LogP contribution in [0, 0.1) is 0 Å². The quantitative estimate of drug-likeness (QED) is 0.714. The third-order valence-electron chi connectivity index (χ3n) is 2.27. The Morgan fingerprint density at radius 3 is 2.76 bits per heavy atom. The summed E-state index contributed by atoms with van der Waals surface area (Å²) in [6, 6.07) is 0. The second-order valence-corrected chi connectivity index (χ2v) is 4.24. The van der Waals surface area contributed by atoms with E-state index in [1.54, 1.807) is 0 Å². The highest BCUT2D eigenvalue weighted by molar-refractivity contribution is 5.66. The summed E-state index contributed by atoms with van der Waals surface area (Å²) < 4.78 is 5.50. The minimum absolute atomic E-state index is 0.0557. The fourth-order valence-corrected chi connectivity index (χ4v) is 1.42. The van der Waals surface area contributed by atoms with Gasteiger partial charge in [0.1, 0.15) is 12.0 Å². The molecule has 0 aliphatic rings. The van der Waals surface area contributed by atoms with Gasteiger partial charge in [0.05, 0.1) is 6.10 Å². The zero-order valence-electron chi connectivity index (χ0n) is 10.9. The van der Waals surface area contributed by atoms with Gasteiger partial charge in [-0.25, -0.2) is 4.98 Å². The lowest BCUT2D eigenvalue weighted by molar-refractivity contribution is 0.234. The van der Waals surface area contributed by atoms with Crippen LogP contribution in [0.3, 0.4) is 0 Å². The Balaban J connectivity index is 2.59. The maximum atomic E-state index is 5.93. The summed E-state index contributed by atoms with van der Waals surface area (Å²) >= 11 is 0. The van der Waals surface area contributed by atoms with Crippen molar-refractivity contribution in [3.05, 3.63) is 6.33 Å². The number of hydrogen-bond donors (Lipinski definition) is 2. The van der Waals surface area contributed by atoms with Crippen molar-refractivity contribution < 1.29 is 4.74 Å². The van der Waals surface area contributed by atoms with Crippen LogP contribution < -0.4 is 15.8 Å². The molecule has 0 spiro atoms. The molecule has 0 fully saturated rings. The summed E-state index contributed by atoms with van der Waals surface area (Å²) in [5.41, 5.74) is 6.42. The average Bonchev–Trinajstić information content (AvgIpc) is 2.28. The molecule has 5 heteroatoms. The molecule has 0 saturated heterocycles. The minimum atomic E-state index is 0.0557. The average molecular weight is 238 g/mol. The van der Waals surface area contributed by atoms with Gasteiger partial charge >= 0.3 is 0 Å². The van der Waals surface area contributed by atoms with Gasteiger partial charge in [-0.2, -0.15) is 4.98 Å².